The van der Waals surface area contributed by atoms with Crippen LogP contribution in [0.15, 0.2) is 51.6 Å². The third-order valence-corrected chi connectivity index (χ3v) is 6.31. The van der Waals surface area contributed by atoms with E-state index in [1.165, 1.54) is 11.8 Å². The number of fused-ring (bicyclic) bond motifs is 1. The number of carbonyl (C=O) groups excluding carboxylic acids is 2. The molecular formula is C24H30ClN3O3S. The van der Waals surface area contributed by atoms with Crippen molar-refractivity contribution < 1.29 is 14.3 Å². The standard InChI is InChI=1S/C24H30ClN3O3S/c1-7-14(2)26-19(29)12-18-13-32-23-27-15(3)20(22(30)31-24(4,5)6)21(28(18)23)16-8-10-17(25)11-9-16/h8-11,13-14,21H,7,12H2,1-6H3,(H,26,29)/t14-,21-/m0/s1. The molecule has 2 atom stereocenters. The number of esters is 1. The first-order valence-electron chi connectivity index (χ1n) is 10.7. The van der Waals surface area contributed by atoms with Crippen molar-refractivity contribution >= 4 is 40.4 Å². The number of nitrogens with zero attached hydrogens (tertiary/aromatic N) is 2. The van der Waals surface area contributed by atoms with E-state index in [2.05, 4.69) is 10.3 Å². The summed E-state index contributed by atoms with van der Waals surface area (Å²) in [6.07, 6.45) is 1.05. The number of nitrogens with one attached hydrogen (secondary N) is 1. The minimum absolute atomic E-state index is 0.0626. The van der Waals surface area contributed by atoms with E-state index in [9.17, 15) is 9.59 Å². The highest BCUT2D eigenvalue weighted by atomic mass is 35.5. The second-order valence-electron chi connectivity index (χ2n) is 9.00. The average Bonchev–Trinajstić information content (AvgIpc) is 3.07. The third kappa shape index (κ3) is 5.56. The third-order valence-electron chi connectivity index (χ3n) is 5.17. The first-order valence-corrected chi connectivity index (χ1v) is 12.0. The Labute approximate surface area is 199 Å². The summed E-state index contributed by atoms with van der Waals surface area (Å²) in [7, 11) is 0. The minimum Gasteiger partial charge on any atom is -0.456 e. The lowest BCUT2D eigenvalue weighted by Gasteiger charge is -2.37. The fraction of sp³-hybridized carbons (Fsp3) is 0.458. The van der Waals surface area contributed by atoms with Crippen LogP contribution in [0, 0.1) is 0 Å². The Morgan fingerprint density at radius 1 is 1.28 bits per heavy atom. The molecular weight excluding hydrogens is 446 g/mol. The molecule has 0 fully saturated rings. The van der Waals surface area contributed by atoms with Crippen molar-refractivity contribution in [3.05, 3.63) is 57.2 Å². The van der Waals surface area contributed by atoms with E-state index in [0.29, 0.717) is 16.3 Å². The average molecular weight is 476 g/mol. The molecule has 2 aliphatic rings. The molecule has 0 bridgehead atoms. The predicted molar refractivity (Wildman–Crippen MR) is 130 cm³/mol. The molecule has 0 spiro atoms. The van der Waals surface area contributed by atoms with Crippen molar-refractivity contribution in [2.75, 3.05) is 0 Å². The van der Waals surface area contributed by atoms with Crippen LogP contribution < -0.4 is 5.32 Å². The van der Waals surface area contributed by atoms with Gasteiger partial charge in [-0.3, -0.25) is 4.79 Å². The highest BCUT2D eigenvalue weighted by Crippen LogP contribution is 2.45. The summed E-state index contributed by atoms with van der Waals surface area (Å²) in [6.45, 7) is 11.3. The maximum atomic E-state index is 13.3. The van der Waals surface area contributed by atoms with Crippen LogP contribution in [-0.4, -0.2) is 33.6 Å². The summed E-state index contributed by atoms with van der Waals surface area (Å²) in [6, 6.07) is 7.02. The maximum Gasteiger partial charge on any atom is 0.338 e. The van der Waals surface area contributed by atoms with Gasteiger partial charge < -0.3 is 15.0 Å². The second-order valence-corrected chi connectivity index (χ2v) is 10.3. The molecule has 8 heteroatoms. The molecule has 1 aromatic rings. The lowest BCUT2D eigenvalue weighted by Crippen LogP contribution is -2.40. The van der Waals surface area contributed by atoms with E-state index in [1.807, 2.05) is 64.0 Å². The van der Waals surface area contributed by atoms with Gasteiger partial charge in [0.05, 0.1) is 23.7 Å². The second kappa shape index (κ2) is 9.71. The summed E-state index contributed by atoms with van der Waals surface area (Å²) in [5.41, 5.74) is 2.09. The molecule has 0 aromatic heterocycles. The van der Waals surface area contributed by atoms with E-state index in [1.54, 1.807) is 12.1 Å². The molecule has 1 amide bonds. The molecule has 3 rings (SSSR count). The summed E-state index contributed by atoms with van der Waals surface area (Å²) in [5.74, 6) is -0.481. The Kier molecular flexibility index (Phi) is 7.40. The number of rotatable bonds is 6. The molecule has 1 N–H and O–H groups in total. The van der Waals surface area contributed by atoms with E-state index in [4.69, 9.17) is 16.3 Å². The summed E-state index contributed by atoms with van der Waals surface area (Å²) in [4.78, 5) is 32.6. The van der Waals surface area contributed by atoms with Crippen molar-refractivity contribution in [1.82, 2.24) is 10.2 Å². The fourth-order valence-corrected chi connectivity index (χ4v) is 4.61. The van der Waals surface area contributed by atoms with Crippen LogP contribution in [0.4, 0.5) is 0 Å². The lowest BCUT2D eigenvalue weighted by atomic mass is 9.93. The van der Waals surface area contributed by atoms with Gasteiger partial charge in [0, 0.05) is 16.8 Å². The number of hydrogen-bond acceptors (Lipinski definition) is 6. The number of aliphatic imine (C=N–C) groups is 1. The van der Waals surface area contributed by atoms with Crippen LogP contribution in [0.3, 0.4) is 0 Å². The number of hydrogen-bond donors (Lipinski definition) is 1. The van der Waals surface area contributed by atoms with Crippen molar-refractivity contribution in [3.63, 3.8) is 0 Å². The van der Waals surface area contributed by atoms with E-state index < -0.39 is 17.6 Å². The van der Waals surface area contributed by atoms with Gasteiger partial charge in [0.2, 0.25) is 5.91 Å². The SMILES string of the molecule is CC[C@H](C)NC(=O)CC1=CSC2=NC(C)=C(C(=O)OC(C)(C)C)[C@H](c3ccc(Cl)cc3)N12. The molecule has 0 radical (unpaired) electrons. The number of ether oxygens (including phenoxy) is 1. The van der Waals surface area contributed by atoms with Crippen LogP contribution in [0.1, 0.15) is 66.0 Å². The number of allylic oxidation sites excluding steroid dienone is 1. The van der Waals surface area contributed by atoms with E-state index in [0.717, 1.165) is 22.8 Å². The maximum absolute atomic E-state index is 13.3. The molecule has 172 valence electrons. The smallest absolute Gasteiger partial charge is 0.338 e. The van der Waals surface area contributed by atoms with Crippen molar-refractivity contribution in [2.45, 2.75) is 72.1 Å². The van der Waals surface area contributed by atoms with Gasteiger partial charge >= 0.3 is 5.97 Å². The van der Waals surface area contributed by atoms with E-state index >= 15 is 0 Å². The molecule has 0 saturated carbocycles. The van der Waals surface area contributed by atoms with Crippen LogP contribution in [-0.2, 0) is 14.3 Å². The quantitative estimate of drug-likeness (QED) is 0.545. The zero-order valence-electron chi connectivity index (χ0n) is 19.4. The summed E-state index contributed by atoms with van der Waals surface area (Å²) >= 11 is 7.58. The van der Waals surface area contributed by atoms with Crippen LogP contribution in [0.25, 0.3) is 0 Å². The highest BCUT2D eigenvalue weighted by Gasteiger charge is 2.41. The molecule has 0 aliphatic carbocycles. The molecule has 0 unspecified atom stereocenters. The highest BCUT2D eigenvalue weighted by molar-refractivity contribution is 8.16. The molecule has 2 heterocycles. The van der Waals surface area contributed by atoms with Gasteiger partial charge in [0.15, 0.2) is 5.17 Å². The Bertz CT molecular complexity index is 993. The zero-order chi connectivity index (χ0) is 23.6. The Morgan fingerprint density at radius 3 is 2.53 bits per heavy atom. The normalized spacial score (nSPS) is 19.2. The monoisotopic (exact) mass is 475 g/mol. The predicted octanol–water partition coefficient (Wildman–Crippen LogP) is 5.56. The first kappa shape index (κ1) is 24.4. The van der Waals surface area contributed by atoms with Gasteiger partial charge in [-0.1, -0.05) is 42.4 Å². The molecule has 0 saturated heterocycles. The molecule has 6 nitrogen and oxygen atoms in total. The Morgan fingerprint density at radius 2 is 1.94 bits per heavy atom. The van der Waals surface area contributed by atoms with Gasteiger partial charge in [0.1, 0.15) is 5.60 Å². The number of amidine groups is 1. The largest absolute Gasteiger partial charge is 0.456 e. The molecule has 2 aliphatic heterocycles. The van der Waals surface area contributed by atoms with Gasteiger partial charge in [-0.2, -0.15) is 0 Å². The lowest BCUT2D eigenvalue weighted by molar-refractivity contribution is -0.150. The van der Waals surface area contributed by atoms with Crippen molar-refractivity contribution in [1.29, 1.82) is 0 Å². The molecule has 32 heavy (non-hydrogen) atoms. The Hall–Kier alpha value is -2.25. The number of carbonyl (C=O) groups is 2. The number of benzene rings is 1. The van der Waals surface area contributed by atoms with Crippen molar-refractivity contribution in [3.8, 4) is 0 Å². The van der Waals surface area contributed by atoms with Crippen LogP contribution >= 0.6 is 23.4 Å². The first-order chi connectivity index (χ1) is 15.0. The summed E-state index contributed by atoms with van der Waals surface area (Å²) in [5, 5.41) is 6.29. The summed E-state index contributed by atoms with van der Waals surface area (Å²) < 4.78 is 5.73. The number of halogens is 1. The van der Waals surface area contributed by atoms with Gasteiger partial charge in [-0.05, 0) is 64.1 Å². The fourth-order valence-electron chi connectivity index (χ4n) is 3.52. The van der Waals surface area contributed by atoms with Gasteiger partial charge in [0.25, 0.3) is 0 Å². The van der Waals surface area contributed by atoms with Crippen molar-refractivity contribution in [2.24, 2.45) is 4.99 Å². The number of amides is 1. The number of thioether (sulfide) groups is 1. The van der Waals surface area contributed by atoms with E-state index in [-0.39, 0.29) is 18.4 Å². The van der Waals surface area contributed by atoms with Crippen LogP contribution in [0.5, 0.6) is 0 Å². The van der Waals surface area contributed by atoms with Crippen LogP contribution in [0.2, 0.25) is 5.02 Å². The van der Waals surface area contributed by atoms with Gasteiger partial charge in [-0.15, -0.1) is 0 Å². The van der Waals surface area contributed by atoms with Gasteiger partial charge in [-0.25, -0.2) is 9.79 Å². The minimum atomic E-state index is -0.645. The topological polar surface area (TPSA) is 71.0 Å². The molecule has 1 aromatic carbocycles. The zero-order valence-corrected chi connectivity index (χ0v) is 20.9. The Balaban J connectivity index is 2.01.